The molecule has 1 amide bonds. The van der Waals surface area contributed by atoms with Gasteiger partial charge in [0.2, 0.25) is 0 Å². The largest absolute Gasteiger partial charge is 0.491 e. The normalized spacial score (nSPS) is 15.1. The molecule has 0 radical (unpaired) electrons. The number of amides is 1. The van der Waals surface area contributed by atoms with Gasteiger partial charge in [-0.05, 0) is 68.9 Å². The number of rotatable bonds is 10. The third kappa shape index (κ3) is 6.93. The van der Waals surface area contributed by atoms with Crippen molar-refractivity contribution in [3.05, 3.63) is 75.3 Å². The summed E-state index contributed by atoms with van der Waals surface area (Å²) < 4.78 is 6.02. The number of aliphatic hydroxyl groups is 1. The summed E-state index contributed by atoms with van der Waals surface area (Å²) in [6, 6.07) is 14.5. The minimum atomic E-state index is -0.868. The SMILES string of the molecule is CC(C)(C)N(C[C@H](O)COc1ccccc1C1CCCC1)C(=O)c1ccc(CO[N+](=O)[O-])cc1. The number of ether oxygens (including phenoxy) is 1. The van der Waals surface area contributed by atoms with Crippen LogP contribution in [0.5, 0.6) is 5.75 Å². The Morgan fingerprint density at radius 1 is 1.15 bits per heavy atom. The molecule has 1 N–H and O–H groups in total. The van der Waals surface area contributed by atoms with Crippen molar-refractivity contribution in [2.45, 2.75) is 70.6 Å². The van der Waals surface area contributed by atoms with Gasteiger partial charge >= 0.3 is 0 Å². The quantitative estimate of drug-likeness (QED) is 0.398. The van der Waals surface area contributed by atoms with Crippen LogP contribution in [0.15, 0.2) is 48.5 Å². The molecule has 3 rings (SSSR count). The van der Waals surface area contributed by atoms with E-state index < -0.39 is 16.7 Å². The van der Waals surface area contributed by atoms with Crippen LogP contribution >= 0.6 is 0 Å². The maximum atomic E-state index is 13.2. The molecule has 2 aromatic carbocycles. The predicted octanol–water partition coefficient (Wildman–Crippen LogP) is 4.73. The van der Waals surface area contributed by atoms with Crippen LogP contribution in [0.2, 0.25) is 0 Å². The van der Waals surface area contributed by atoms with Crippen molar-refractivity contribution in [3.8, 4) is 5.75 Å². The molecular formula is C26H34N2O6. The number of benzene rings is 2. The minimum absolute atomic E-state index is 0.0841. The Morgan fingerprint density at radius 3 is 2.41 bits per heavy atom. The molecule has 0 heterocycles. The van der Waals surface area contributed by atoms with E-state index in [1.807, 2.05) is 39.0 Å². The molecule has 1 atom stereocenters. The summed E-state index contributed by atoms with van der Waals surface area (Å²) >= 11 is 0. The monoisotopic (exact) mass is 470 g/mol. The second kappa shape index (κ2) is 11.3. The average Bonchev–Trinajstić information content (AvgIpc) is 3.34. The van der Waals surface area contributed by atoms with E-state index in [2.05, 4.69) is 10.9 Å². The minimum Gasteiger partial charge on any atom is -0.491 e. The molecule has 0 saturated heterocycles. The van der Waals surface area contributed by atoms with Crippen LogP contribution < -0.4 is 4.74 Å². The van der Waals surface area contributed by atoms with Crippen molar-refractivity contribution in [2.24, 2.45) is 0 Å². The van der Waals surface area contributed by atoms with E-state index in [4.69, 9.17) is 4.74 Å². The average molecular weight is 471 g/mol. The summed E-state index contributed by atoms with van der Waals surface area (Å²) in [7, 11) is 0. The van der Waals surface area contributed by atoms with Crippen molar-refractivity contribution in [1.29, 1.82) is 0 Å². The number of hydrogen-bond acceptors (Lipinski definition) is 6. The number of β-amino-alcohol motifs (C(OH)–C–C–N with tert-alkyl or cyclic N) is 1. The van der Waals surface area contributed by atoms with Crippen molar-refractivity contribution in [3.63, 3.8) is 0 Å². The van der Waals surface area contributed by atoms with Gasteiger partial charge in [0, 0.05) is 11.1 Å². The topological polar surface area (TPSA) is 102 Å². The molecule has 0 spiro atoms. The molecule has 0 aliphatic heterocycles. The summed E-state index contributed by atoms with van der Waals surface area (Å²) in [5.41, 5.74) is 1.68. The van der Waals surface area contributed by atoms with Gasteiger partial charge in [-0.3, -0.25) is 4.79 Å². The van der Waals surface area contributed by atoms with E-state index in [1.54, 1.807) is 29.2 Å². The molecule has 184 valence electrons. The molecule has 8 heteroatoms. The first-order valence-corrected chi connectivity index (χ1v) is 11.7. The van der Waals surface area contributed by atoms with Gasteiger partial charge in [0.25, 0.3) is 11.0 Å². The number of aliphatic hydroxyl groups excluding tert-OH is 1. The van der Waals surface area contributed by atoms with Gasteiger partial charge in [-0.2, -0.15) is 0 Å². The second-order valence-electron chi connectivity index (χ2n) is 9.76. The molecule has 8 nitrogen and oxygen atoms in total. The van der Waals surface area contributed by atoms with Crippen LogP contribution in [0.25, 0.3) is 0 Å². The van der Waals surface area contributed by atoms with E-state index in [0.717, 1.165) is 18.6 Å². The molecular weight excluding hydrogens is 436 g/mol. The third-order valence-electron chi connectivity index (χ3n) is 6.13. The first kappa shape index (κ1) is 25.5. The third-order valence-corrected chi connectivity index (χ3v) is 6.13. The first-order chi connectivity index (χ1) is 16.1. The molecule has 34 heavy (non-hydrogen) atoms. The van der Waals surface area contributed by atoms with E-state index in [1.165, 1.54) is 18.4 Å². The Kier molecular flexibility index (Phi) is 8.50. The van der Waals surface area contributed by atoms with E-state index >= 15 is 0 Å². The Morgan fingerprint density at radius 2 is 1.79 bits per heavy atom. The fourth-order valence-corrected chi connectivity index (χ4v) is 4.32. The molecule has 2 aromatic rings. The standard InChI is InChI=1S/C26H34N2O6/c1-26(2,3)27(25(30)21-14-12-19(13-15-21)17-34-28(31)32)16-22(29)18-33-24-11-7-6-10-23(24)20-8-4-5-9-20/h6-7,10-15,20,22,29H,4-5,8-9,16-18H2,1-3H3/t22-/m0/s1. The molecule has 1 aliphatic rings. The molecule has 1 fully saturated rings. The summed E-state index contributed by atoms with van der Waals surface area (Å²) in [4.78, 5) is 29.6. The highest BCUT2D eigenvalue weighted by Crippen LogP contribution is 2.38. The maximum absolute atomic E-state index is 13.2. The van der Waals surface area contributed by atoms with Gasteiger partial charge in [-0.25, -0.2) is 0 Å². The number of nitrogens with zero attached hydrogens (tertiary/aromatic N) is 2. The van der Waals surface area contributed by atoms with Gasteiger partial charge in [0.05, 0.1) is 6.54 Å². The van der Waals surface area contributed by atoms with Gasteiger partial charge in [0.1, 0.15) is 25.1 Å². The summed E-state index contributed by atoms with van der Waals surface area (Å²) in [6.45, 7) is 5.75. The smallest absolute Gasteiger partial charge is 0.294 e. The molecule has 0 unspecified atom stereocenters. The highest BCUT2D eigenvalue weighted by molar-refractivity contribution is 5.94. The highest BCUT2D eigenvalue weighted by atomic mass is 16.9. The van der Waals surface area contributed by atoms with Crippen molar-refractivity contribution < 1.29 is 24.6 Å². The summed E-state index contributed by atoms with van der Waals surface area (Å²) in [5, 5.41) is 20.3. The van der Waals surface area contributed by atoms with Gasteiger partial charge in [-0.15, -0.1) is 10.1 Å². The van der Waals surface area contributed by atoms with E-state index in [-0.39, 0.29) is 25.7 Å². The number of carbonyl (C=O) groups excluding carboxylic acids is 1. The maximum Gasteiger partial charge on any atom is 0.294 e. The Hall–Kier alpha value is -3.13. The number of hydrogen-bond donors (Lipinski definition) is 1. The zero-order valence-electron chi connectivity index (χ0n) is 20.1. The van der Waals surface area contributed by atoms with Crippen molar-refractivity contribution >= 4 is 5.91 Å². The Balaban J connectivity index is 1.64. The fraction of sp³-hybridized carbons (Fsp3) is 0.500. The first-order valence-electron chi connectivity index (χ1n) is 11.7. The molecule has 1 aliphatic carbocycles. The molecule has 1 saturated carbocycles. The summed E-state index contributed by atoms with van der Waals surface area (Å²) in [5.74, 6) is 1.06. The van der Waals surface area contributed by atoms with Crippen LogP contribution in [0.3, 0.4) is 0 Å². The van der Waals surface area contributed by atoms with Crippen molar-refractivity contribution in [1.82, 2.24) is 4.90 Å². The Labute approximate surface area is 200 Å². The van der Waals surface area contributed by atoms with Crippen LogP contribution in [-0.2, 0) is 11.4 Å². The van der Waals surface area contributed by atoms with E-state index in [9.17, 15) is 20.0 Å². The van der Waals surface area contributed by atoms with Gasteiger partial charge < -0.3 is 19.6 Å². The van der Waals surface area contributed by atoms with E-state index in [0.29, 0.717) is 17.0 Å². The predicted molar refractivity (Wildman–Crippen MR) is 128 cm³/mol. The van der Waals surface area contributed by atoms with Crippen LogP contribution in [0.1, 0.15) is 73.9 Å². The second-order valence-corrected chi connectivity index (χ2v) is 9.76. The fourth-order valence-electron chi connectivity index (χ4n) is 4.32. The lowest BCUT2D eigenvalue weighted by Crippen LogP contribution is -2.50. The zero-order valence-corrected chi connectivity index (χ0v) is 20.1. The lowest BCUT2D eigenvalue weighted by Gasteiger charge is -2.37. The highest BCUT2D eigenvalue weighted by Gasteiger charge is 2.30. The molecule has 0 bridgehead atoms. The van der Waals surface area contributed by atoms with Gasteiger partial charge in [-0.1, -0.05) is 43.2 Å². The van der Waals surface area contributed by atoms with Crippen LogP contribution in [0, 0.1) is 10.1 Å². The zero-order chi connectivity index (χ0) is 24.7. The number of para-hydroxylation sites is 1. The molecule has 0 aromatic heterocycles. The van der Waals surface area contributed by atoms with Crippen LogP contribution in [0.4, 0.5) is 0 Å². The lowest BCUT2D eigenvalue weighted by atomic mass is 9.97. The summed E-state index contributed by atoms with van der Waals surface area (Å²) in [6.07, 6.45) is 3.91. The van der Waals surface area contributed by atoms with Gasteiger partial charge in [0.15, 0.2) is 0 Å². The van der Waals surface area contributed by atoms with Crippen molar-refractivity contribution in [2.75, 3.05) is 13.2 Å². The Bertz CT molecular complexity index is 964. The van der Waals surface area contributed by atoms with Crippen LogP contribution in [-0.4, -0.2) is 45.8 Å². The number of carbonyl (C=O) groups is 1. The lowest BCUT2D eigenvalue weighted by molar-refractivity contribution is -0.763.